The van der Waals surface area contributed by atoms with E-state index in [1.54, 1.807) is 6.20 Å². The minimum Gasteiger partial charge on any atom is -0.486 e. The van der Waals surface area contributed by atoms with Gasteiger partial charge in [0.15, 0.2) is 5.82 Å². The highest BCUT2D eigenvalue weighted by molar-refractivity contribution is 5.33. The van der Waals surface area contributed by atoms with E-state index >= 15 is 0 Å². The van der Waals surface area contributed by atoms with E-state index in [4.69, 9.17) is 9.72 Å². The monoisotopic (exact) mass is 445 g/mol. The maximum Gasteiger partial charge on any atom is 0.166 e. The van der Waals surface area contributed by atoms with E-state index in [9.17, 15) is 10.2 Å². The van der Waals surface area contributed by atoms with Crippen LogP contribution in [0.5, 0.6) is 5.75 Å². The predicted molar refractivity (Wildman–Crippen MR) is 126 cm³/mol. The fourth-order valence-electron chi connectivity index (χ4n) is 5.45. The molecule has 0 aliphatic heterocycles. The second-order valence-electron chi connectivity index (χ2n) is 9.23. The van der Waals surface area contributed by atoms with Crippen LogP contribution in [0, 0.1) is 11.8 Å². The first-order valence-electron chi connectivity index (χ1n) is 11.8. The number of rotatable bonds is 8. The molecule has 1 saturated carbocycles. The van der Waals surface area contributed by atoms with Gasteiger partial charge in [-0.1, -0.05) is 42.5 Å². The number of nitrogens with zero attached hydrogens (tertiary/aromatic N) is 2. The van der Waals surface area contributed by atoms with Crippen LogP contribution in [0.2, 0.25) is 0 Å². The zero-order valence-corrected chi connectivity index (χ0v) is 18.7. The van der Waals surface area contributed by atoms with E-state index in [1.165, 1.54) is 11.1 Å². The lowest BCUT2D eigenvalue weighted by Crippen LogP contribution is -2.43. The molecule has 2 aliphatic carbocycles. The van der Waals surface area contributed by atoms with Crippen molar-refractivity contribution < 1.29 is 14.9 Å². The molecule has 0 spiro atoms. The number of hydrogen-bond donors (Lipinski definition) is 3. The average molecular weight is 446 g/mol. The van der Waals surface area contributed by atoms with Crippen LogP contribution in [0.15, 0.2) is 66.9 Å². The summed E-state index contributed by atoms with van der Waals surface area (Å²) in [7, 11) is 0. The Hall–Kier alpha value is -2.80. The minimum atomic E-state index is -0.510. The maximum atomic E-state index is 10.7. The molecule has 5 rings (SSSR count). The van der Waals surface area contributed by atoms with Gasteiger partial charge in [-0.2, -0.15) is 0 Å². The molecule has 0 saturated heterocycles. The summed E-state index contributed by atoms with van der Waals surface area (Å²) in [6.07, 6.45) is 4.60. The normalized spacial score (nSPS) is 24.7. The lowest BCUT2D eigenvalue weighted by Gasteiger charge is -2.27. The Balaban J connectivity index is 1.26. The van der Waals surface area contributed by atoms with Crippen LogP contribution < -0.4 is 10.1 Å². The Morgan fingerprint density at radius 2 is 1.67 bits per heavy atom. The van der Waals surface area contributed by atoms with E-state index in [0.29, 0.717) is 31.3 Å². The van der Waals surface area contributed by atoms with Gasteiger partial charge in [0.25, 0.3) is 0 Å². The summed E-state index contributed by atoms with van der Waals surface area (Å²) < 4.78 is 5.80. The van der Waals surface area contributed by atoms with Gasteiger partial charge in [0.1, 0.15) is 12.4 Å². The highest BCUT2D eigenvalue weighted by Gasteiger charge is 2.43. The largest absolute Gasteiger partial charge is 0.486 e. The third-order valence-corrected chi connectivity index (χ3v) is 7.09. The van der Waals surface area contributed by atoms with Gasteiger partial charge in [-0.15, -0.1) is 0 Å². The Morgan fingerprint density at radius 1 is 0.939 bits per heavy atom. The number of fused-ring (bicyclic) bond motifs is 1. The predicted octanol–water partition coefficient (Wildman–Crippen LogP) is 2.71. The lowest BCUT2D eigenvalue weighted by atomic mass is 9.88. The van der Waals surface area contributed by atoms with Crippen molar-refractivity contribution in [1.29, 1.82) is 0 Å². The van der Waals surface area contributed by atoms with Crippen molar-refractivity contribution in [2.24, 2.45) is 11.8 Å². The Morgan fingerprint density at radius 3 is 2.39 bits per heavy atom. The maximum absolute atomic E-state index is 10.7. The molecule has 0 amide bonds. The number of hydrogen-bond acceptors (Lipinski definition) is 6. The molecular formula is C27H31N3O3. The summed E-state index contributed by atoms with van der Waals surface area (Å²) in [5, 5.41) is 24.5. The topological polar surface area (TPSA) is 87.5 Å². The van der Waals surface area contributed by atoms with Crippen LogP contribution in [0.1, 0.15) is 29.1 Å². The molecular weight excluding hydrogens is 414 g/mol. The first-order valence-corrected chi connectivity index (χ1v) is 11.8. The molecule has 6 nitrogen and oxygen atoms in total. The van der Waals surface area contributed by atoms with Crippen molar-refractivity contribution >= 4 is 0 Å². The molecule has 4 atom stereocenters. The Kier molecular flexibility index (Phi) is 6.67. The summed E-state index contributed by atoms with van der Waals surface area (Å²) in [5.41, 5.74) is 3.72. The fraction of sp³-hybridized carbons (Fsp3) is 0.407. The number of aromatic nitrogens is 2. The quantitative estimate of drug-likeness (QED) is 0.494. The van der Waals surface area contributed by atoms with Crippen LogP contribution in [0.4, 0.5) is 0 Å². The fourth-order valence-corrected chi connectivity index (χ4v) is 5.45. The highest BCUT2D eigenvalue weighted by atomic mass is 16.5. The second kappa shape index (κ2) is 10.00. The first kappa shape index (κ1) is 22.0. The van der Waals surface area contributed by atoms with Crippen molar-refractivity contribution in [3.8, 4) is 5.75 Å². The standard InChI is InChI=1S/C27H31N3O3/c31-16-24-23(14-20-10-11-28-27(30-20)17-33-22-8-2-1-3-9-22)25(15-26(24)32)29-21-12-18-6-4-5-7-19(18)13-21/h1-11,21,23-26,29,31-32H,12-17H2. The number of para-hydroxylation sites is 1. The van der Waals surface area contributed by atoms with E-state index in [-0.39, 0.29) is 24.5 Å². The number of benzene rings is 2. The van der Waals surface area contributed by atoms with Crippen molar-refractivity contribution in [3.63, 3.8) is 0 Å². The molecule has 2 aliphatic rings. The van der Waals surface area contributed by atoms with E-state index < -0.39 is 6.10 Å². The van der Waals surface area contributed by atoms with E-state index in [0.717, 1.165) is 24.3 Å². The van der Waals surface area contributed by atoms with Crippen LogP contribution in [0.25, 0.3) is 0 Å². The van der Waals surface area contributed by atoms with Crippen molar-refractivity contribution in [2.75, 3.05) is 6.61 Å². The van der Waals surface area contributed by atoms with Gasteiger partial charge in [-0.05, 0) is 60.9 Å². The molecule has 4 unspecified atom stereocenters. The first-order chi connectivity index (χ1) is 16.2. The molecule has 0 radical (unpaired) electrons. The van der Waals surface area contributed by atoms with Gasteiger partial charge in [0, 0.05) is 36.5 Å². The summed E-state index contributed by atoms with van der Waals surface area (Å²) in [6, 6.07) is 20.7. The molecule has 1 fully saturated rings. The SMILES string of the molecule is OCC1C(O)CC(NC2Cc3ccccc3C2)C1Cc1ccnc(COc2ccccc2)n1. The van der Waals surface area contributed by atoms with Crippen molar-refractivity contribution in [3.05, 3.63) is 89.5 Å². The smallest absolute Gasteiger partial charge is 0.166 e. The Bertz CT molecular complexity index is 1040. The van der Waals surface area contributed by atoms with Gasteiger partial charge in [0.2, 0.25) is 0 Å². The summed E-state index contributed by atoms with van der Waals surface area (Å²) >= 11 is 0. The summed E-state index contributed by atoms with van der Waals surface area (Å²) in [6.45, 7) is 0.278. The molecule has 0 bridgehead atoms. The molecule has 1 heterocycles. The van der Waals surface area contributed by atoms with Crippen LogP contribution in [0.3, 0.4) is 0 Å². The zero-order valence-electron chi connectivity index (χ0n) is 18.7. The van der Waals surface area contributed by atoms with Gasteiger partial charge in [-0.3, -0.25) is 0 Å². The third-order valence-electron chi connectivity index (χ3n) is 7.09. The molecule has 6 heteroatoms. The van der Waals surface area contributed by atoms with Gasteiger partial charge < -0.3 is 20.3 Å². The van der Waals surface area contributed by atoms with Crippen molar-refractivity contribution in [2.45, 2.75) is 50.5 Å². The minimum absolute atomic E-state index is 0.0238. The van der Waals surface area contributed by atoms with E-state index in [1.807, 2.05) is 36.4 Å². The second-order valence-corrected chi connectivity index (χ2v) is 9.23. The third kappa shape index (κ3) is 5.08. The molecule has 3 aromatic rings. The molecule has 33 heavy (non-hydrogen) atoms. The molecule has 2 aromatic carbocycles. The number of aliphatic hydroxyl groups excluding tert-OH is 2. The van der Waals surface area contributed by atoms with E-state index in [2.05, 4.69) is 34.6 Å². The molecule has 1 aromatic heterocycles. The summed E-state index contributed by atoms with van der Waals surface area (Å²) in [5.74, 6) is 1.36. The average Bonchev–Trinajstić information content (AvgIpc) is 3.38. The zero-order chi connectivity index (χ0) is 22.6. The van der Waals surface area contributed by atoms with Gasteiger partial charge in [0.05, 0.1) is 6.10 Å². The lowest BCUT2D eigenvalue weighted by molar-refractivity contribution is 0.0715. The Labute approximate surface area is 194 Å². The van der Waals surface area contributed by atoms with Gasteiger partial charge >= 0.3 is 0 Å². The molecule has 3 N–H and O–H groups in total. The van der Waals surface area contributed by atoms with Crippen LogP contribution >= 0.6 is 0 Å². The highest BCUT2D eigenvalue weighted by Crippen LogP contribution is 2.36. The summed E-state index contributed by atoms with van der Waals surface area (Å²) in [4.78, 5) is 9.07. The van der Waals surface area contributed by atoms with Gasteiger partial charge in [-0.25, -0.2) is 9.97 Å². The number of nitrogens with one attached hydrogen (secondary N) is 1. The van der Waals surface area contributed by atoms with Crippen molar-refractivity contribution in [1.82, 2.24) is 15.3 Å². The molecule has 172 valence electrons. The number of aliphatic hydroxyl groups is 2. The van der Waals surface area contributed by atoms with Crippen LogP contribution in [-0.2, 0) is 25.9 Å². The number of ether oxygens (including phenoxy) is 1. The van der Waals surface area contributed by atoms with Crippen LogP contribution in [-0.4, -0.2) is 45.0 Å².